The molecule has 5 nitrogen and oxygen atoms in total. The van der Waals surface area contributed by atoms with Crippen molar-refractivity contribution in [1.29, 1.82) is 0 Å². The van der Waals surface area contributed by atoms with Gasteiger partial charge < -0.3 is 20.1 Å². The van der Waals surface area contributed by atoms with Crippen LogP contribution in [0.5, 0.6) is 0 Å². The number of guanidine groups is 1. The smallest absolute Gasteiger partial charge is 0.191 e. The molecule has 0 saturated heterocycles. The van der Waals surface area contributed by atoms with Crippen molar-refractivity contribution in [2.24, 2.45) is 4.99 Å². The molecule has 0 bridgehead atoms. The second kappa shape index (κ2) is 15.0. The van der Waals surface area contributed by atoms with Crippen LogP contribution < -0.4 is 10.6 Å². The second-order valence-electron chi connectivity index (χ2n) is 4.67. The summed E-state index contributed by atoms with van der Waals surface area (Å²) in [7, 11) is 1.66. The molecular formula is C16H27ClIN3O2. The first kappa shape index (κ1) is 22.4. The molecule has 7 heteroatoms. The van der Waals surface area contributed by atoms with E-state index in [4.69, 9.17) is 21.1 Å². The third kappa shape index (κ3) is 11.6. The second-order valence-corrected chi connectivity index (χ2v) is 5.11. The zero-order valence-corrected chi connectivity index (χ0v) is 16.9. The lowest BCUT2D eigenvalue weighted by Gasteiger charge is -2.11. The van der Waals surface area contributed by atoms with E-state index >= 15 is 0 Å². The summed E-state index contributed by atoms with van der Waals surface area (Å²) in [6.07, 6.45) is 0.898. The van der Waals surface area contributed by atoms with E-state index in [0.717, 1.165) is 30.5 Å². The highest BCUT2D eigenvalue weighted by atomic mass is 127. The third-order valence-corrected chi connectivity index (χ3v) is 3.11. The molecule has 0 aliphatic rings. The lowest BCUT2D eigenvalue weighted by molar-refractivity contribution is 0.0748. The van der Waals surface area contributed by atoms with Gasteiger partial charge in [0.15, 0.2) is 5.96 Å². The van der Waals surface area contributed by atoms with Crippen molar-refractivity contribution in [3.8, 4) is 0 Å². The van der Waals surface area contributed by atoms with Crippen LogP contribution in [0.4, 0.5) is 0 Å². The Morgan fingerprint density at radius 2 is 2.04 bits per heavy atom. The SMILES string of the molecule is CCNC(=NCCOCCOC)NCCc1cccc(Cl)c1.I. The van der Waals surface area contributed by atoms with Crippen molar-refractivity contribution in [1.82, 2.24) is 10.6 Å². The average molecular weight is 456 g/mol. The van der Waals surface area contributed by atoms with Crippen LogP contribution in [-0.4, -0.2) is 52.5 Å². The minimum Gasteiger partial charge on any atom is -0.382 e. The number of halogens is 2. The van der Waals surface area contributed by atoms with Gasteiger partial charge in [-0.1, -0.05) is 23.7 Å². The van der Waals surface area contributed by atoms with Crippen LogP contribution >= 0.6 is 35.6 Å². The van der Waals surface area contributed by atoms with E-state index in [1.807, 2.05) is 25.1 Å². The van der Waals surface area contributed by atoms with Crippen molar-refractivity contribution in [3.05, 3.63) is 34.9 Å². The maximum Gasteiger partial charge on any atom is 0.191 e. The van der Waals surface area contributed by atoms with E-state index in [9.17, 15) is 0 Å². The van der Waals surface area contributed by atoms with Crippen LogP contribution in [-0.2, 0) is 15.9 Å². The molecule has 0 spiro atoms. The first-order valence-electron chi connectivity index (χ1n) is 7.59. The molecular weight excluding hydrogens is 429 g/mol. The molecule has 0 aromatic heterocycles. The predicted molar refractivity (Wildman–Crippen MR) is 107 cm³/mol. The summed E-state index contributed by atoms with van der Waals surface area (Å²) in [6.45, 7) is 6.10. The summed E-state index contributed by atoms with van der Waals surface area (Å²) in [6, 6.07) is 7.90. The topological polar surface area (TPSA) is 54.9 Å². The van der Waals surface area contributed by atoms with E-state index < -0.39 is 0 Å². The summed E-state index contributed by atoms with van der Waals surface area (Å²) in [5.41, 5.74) is 1.21. The van der Waals surface area contributed by atoms with Gasteiger partial charge in [0, 0.05) is 25.2 Å². The van der Waals surface area contributed by atoms with E-state index in [1.165, 1.54) is 5.56 Å². The van der Waals surface area contributed by atoms with Crippen LogP contribution in [0.2, 0.25) is 5.02 Å². The highest BCUT2D eigenvalue weighted by Crippen LogP contribution is 2.10. The van der Waals surface area contributed by atoms with E-state index in [1.54, 1.807) is 7.11 Å². The molecule has 0 atom stereocenters. The van der Waals surface area contributed by atoms with Crippen LogP contribution in [0.15, 0.2) is 29.3 Å². The molecule has 2 N–H and O–H groups in total. The normalized spacial score (nSPS) is 11.0. The minimum atomic E-state index is 0. The number of rotatable bonds is 10. The summed E-state index contributed by atoms with van der Waals surface area (Å²) in [5, 5.41) is 7.29. The first-order chi connectivity index (χ1) is 10.8. The van der Waals surface area contributed by atoms with Gasteiger partial charge in [-0.2, -0.15) is 0 Å². The van der Waals surface area contributed by atoms with Gasteiger partial charge in [0.05, 0.1) is 26.4 Å². The molecule has 0 amide bonds. The fourth-order valence-electron chi connectivity index (χ4n) is 1.83. The van der Waals surface area contributed by atoms with Gasteiger partial charge >= 0.3 is 0 Å². The Hall–Kier alpha value is -0.570. The van der Waals surface area contributed by atoms with Crippen LogP contribution in [0.1, 0.15) is 12.5 Å². The molecule has 1 aromatic rings. The number of nitrogens with zero attached hydrogens (tertiary/aromatic N) is 1. The minimum absolute atomic E-state index is 0. The van der Waals surface area contributed by atoms with Gasteiger partial charge in [-0.15, -0.1) is 24.0 Å². The number of benzene rings is 1. The molecule has 132 valence electrons. The Kier molecular flexibility index (Phi) is 14.6. The van der Waals surface area contributed by atoms with E-state index in [-0.39, 0.29) is 24.0 Å². The predicted octanol–water partition coefficient (Wildman–Crippen LogP) is 2.72. The van der Waals surface area contributed by atoms with Crippen LogP contribution in [0, 0.1) is 0 Å². The van der Waals surface area contributed by atoms with E-state index in [2.05, 4.69) is 21.7 Å². The summed E-state index contributed by atoms with van der Waals surface area (Å²) >= 11 is 5.98. The fraction of sp³-hybridized carbons (Fsp3) is 0.562. The monoisotopic (exact) mass is 455 g/mol. The Morgan fingerprint density at radius 1 is 1.22 bits per heavy atom. The van der Waals surface area contributed by atoms with Gasteiger partial charge in [0.1, 0.15) is 0 Å². The summed E-state index contributed by atoms with van der Waals surface area (Å²) in [4.78, 5) is 4.46. The molecule has 0 saturated carbocycles. The van der Waals surface area contributed by atoms with Gasteiger partial charge in [-0.3, -0.25) is 4.99 Å². The number of aliphatic imine (C=N–C) groups is 1. The third-order valence-electron chi connectivity index (χ3n) is 2.88. The average Bonchev–Trinajstić information content (AvgIpc) is 2.51. The zero-order chi connectivity index (χ0) is 16.0. The van der Waals surface area contributed by atoms with Crippen LogP contribution in [0.3, 0.4) is 0 Å². The van der Waals surface area contributed by atoms with Crippen molar-refractivity contribution >= 4 is 41.5 Å². The quantitative estimate of drug-likeness (QED) is 0.247. The van der Waals surface area contributed by atoms with Gasteiger partial charge in [0.2, 0.25) is 0 Å². The Bertz CT molecular complexity index is 447. The standard InChI is InChI=1S/C16H26ClN3O2.HI/c1-3-18-16(20-9-10-22-12-11-21-2)19-8-7-14-5-4-6-15(17)13-14;/h4-6,13H,3,7-12H2,1-2H3,(H2,18,19,20);1H. The highest BCUT2D eigenvalue weighted by Gasteiger charge is 1.98. The Balaban J connectivity index is 0.00000484. The lowest BCUT2D eigenvalue weighted by atomic mass is 10.1. The largest absolute Gasteiger partial charge is 0.382 e. The van der Waals surface area contributed by atoms with E-state index in [0.29, 0.717) is 26.4 Å². The zero-order valence-electron chi connectivity index (χ0n) is 13.8. The van der Waals surface area contributed by atoms with Crippen molar-refractivity contribution in [2.75, 3.05) is 46.6 Å². The molecule has 0 radical (unpaired) electrons. The molecule has 23 heavy (non-hydrogen) atoms. The Labute approximate surface area is 161 Å². The first-order valence-corrected chi connectivity index (χ1v) is 7.97. The number of ether oxygens (including phenoxy) is 2. The molecule has 0 fully saturated rings. The van der Waals surface area contributed by atoms with Gasteiger partial charge in [-0.25, -0.2) is 0 Å². The highest BCUT2D eigenvalue weighted by molar-refractivity contribution is 14.0. The molecule has 0 aliphatic carbocycles. The molecule has 1 rings (SSSR count). The molecule has 1 aromatic carbocycles. The fourth-order valence-corrected chi connectivity index (χ4v) is 2.04. The summed E-state index contributed by atoms with van der Waals surface area (Å²) in [5.74, 6) is 0.805. The molecule has 0 aliphatic heterocycles. The van der Waals surface area contributed by atoms with Crippen LogP contribution in [0.25, 0.3) is 0 Å². The maximum atomic E-state index is 5.98. The van der Waals surface area contributed by atoms with Crippen molar-refractivity contribution < 1.29 is 9.47 Å². The summed E-state index contributed by atoms with van der Waals surface area (Å²) < 4.78 is 10.3. The van der Waals surface area contributed by atoms with Crippen molar-refractivity contribution in [3.63, 3.8) is 0 Å². The van der Waals surface area contributed by atoms with Gasteiger partial charge in [0.25, 0.3) is 0 Å². The maximum absolute atomic E-state index is 5.98. The Morgan fingerprint density at radius 3 is 2.74 bits per heavy atom. The number of hydrogen-bond donors (Lipinski definition) is 2. The van der Waals surface area contributed by atoms with Gasteiger partial charge in [-0.05, 0) is 31.0 Å². The lowest BCUT2D eigenvalue weighted by Crippen LogP contribution is -2.38. The molecule has 0 heterocycles. The number of nitrogens with one attached hydrogen (secondary N) is 2. The number of methoxy groups -OCH3 is 1. The molecule has 0 unspecified atom stereocenters. The van der Waals surface area contributed by atoms with Crippen molar-refractivity contribution in [2.45, 2.75) is 13.3 Å². The number of hydrogen-bond acceptors (Lipinski definition) is 3.